The number of hydrogen-bond acceptors (Lipinski definition) is 4. The van der Waals surface area contributed by atoms with Crippen LogP contribution in [0.25, 0.3) is 0 Å². The van der Waals surface area contributed by atoms with Crippen molar-refractivity contribution in [1.82, 2.24) is 10.1 Å². The monoisotopic (exact) mass is 181 g/mol. The molecule has 2 heterocycles. The molecular formula is C8H11N3O2. The third kappa shape index (κ3) is 1.04. The van der Waals surface area contributed by atoms with Crippen LogP contribution in [0, 0.1) is 6.92 Å². The standard InChI is InChI=1S/C8H11N3O2/c1-4-6-5(9)3-11(2)8(12)7(6)13-10-4/h5H,3,9H2,1-2H3. The summed E-state index contributed by atoms with van der Waals surface area (Å²) in [4.78, 5) is 13.1. The van der Waals surface area contributed by atoms with Crippen molar-refractivity contribution in [3.8, 4) is 0 Å². The molecule has 1 aliphatic rings. The lowest BCUT2D eigenvalue weighted by molar-refractivity contribution is 0.0720. The number of hydrogen-bond donors (Lipinski definition) is 1. The third-order valence-corrected chi connectivity index (χ3v) is 2.29. The molecule has 5 nitrogen and oxygen atoms in total. The Bertz CT molecular complexity index is 358. The van der Waals surface area contributed by atoms with Crippen LogP contribution in [0.3, 0.4) is 0 Å². The Morgan fingerprint density at radius 2 is 2.38 bits per heavy atom. The van der Waals surface area contributed by atoms with Gasteiger partial charge >= 0.3 is 0 Å². The molecule has 0 radical (unpaired) electrons. The van der Waals surface area contributed by atoms with E-state index in [9.17, 15) is 4.79 Å². The molecule has 1 aromatic heterocycles. The van der Waals surface area contributed by atoms with Crippen molar-refractivity contribution in [3.63, 3.8) is 0 Å². The Kier molecular flexibility index (Phi) is 1.63. The molecule has 2 N–H and O–H groups in total. The van der Waals surface area contributed by atoms with Crippen LogP contribution in [0.2, 0.25) is 0 Å². The van der Waals surface area contributed by atoms with E-state index in [-0.39, 0.29) is 11.9 Å². The largest absolute Gasteiger partial charge is 0.350 e. The van der Waals surface area contributed by atoms with Crippen molar-refractivity contribution in [2.45, 2.75) is 13.0 Å². The summed E-state index contributed by atoms with van der Waals surface area (Å²) in [5.41, 5.74) is 7.32. The van der Waals surface area contributed by atoms with Crippen molar-refractivity contribution in [3.05, 3.63) is 17.0 Å². The van der Waals surface area contributed by atoms with Crippen LogP contribution in [0.5, 0.6) is 0 Å². The van der Waals surface area contributed by atoms with Crippen molar-refractivity contribution in [1.29, 1.82) is 0 Å². The normalized spacial score (nSPS) is 21.9. The molecule has 0 spiro atoms. The van der Waals surface area contributed by atoms with Crippen molar-refractivity contribution < 1.29 is 9.32 Å². The number of fused-ring (bicyclic) bond motifs is 1. The fourth-order valence-corrected chi connectivity index (χ4v) is 1.61. The number of aromatic nitrogens is 1. The zero-order chi connectivity index (χ0) is 9.59. The number of carbonyl (C=O) groups excluding carboxylic acids is 1. The number of rotatable bonds is 0. The minimum atomic E-state index is -0.177. The Hall–Kier alpha value is -1.36. The Morgan fingerprint density at radius 1 is 1.69 bits per heavy atom. The molecule has 1 aliphatic heterocycles. The van der Waals surface area contributed by atoms with Crippen molar-refractivity contribution in [2.75, 3.05) is 13.6 Å². The van der Waals surface area contributed by atoms with Crippen LogP contribution in [-0.4, -0.2) is 29.6 Å². The van der Waals surface area contributed by atoms with Gasteiger partial charge in [-0.05, 0) is 6.92 Å². The number of likely N-dealkylation sites (N-methyl/N-ethyl adjacent to an activating group) is 1. The highest BCUT2D eigenvalue weighted by Gasteiger charge is 2.32. The Balaban J connectivity index is 2.56. The van der Waals surface area contributed by atoms with E-state index in [4.69, 9.17) is 10.3 Å². The van der Waals surface area contributed by atoms with Crippen molar-refractivity contribution >= 4 is 5.91 Å². The maximum absolute atomic E-state index is 11.5. The van der Waals surface area contributed by atoms with Crippen LogP contribution < -0.4 is 5.73 Å². The van der Waals surface area contributed by atoms with Gasteiger partial charge in [0.25, 0.3) is 5.91 Å². The minimum Gasteiger partial charge on any atom is -0.350 e. The number of carbonyl (C=O) groups is 1. The smallest absolute Gasteiger partial charge is 0.292 e. The lowest BCUT2D eigenvalue weighted by Gasteiger charge is -2.25. The fourth-order valence-electron chi connectivity index (χ4n) is 1.61. The van der Waals surface area contributed by atoms with Gasteiger partial charge in [-0.15, -0.1) is 0 Å². The van der Waals surface area contributed by atoms with E-state index >= 15 is 0 Å². The lowest BCUT2D eigenvalue weighted by Crippen LogP contribution is -2.39. The molecule has 0 saturated carbocycles. The van der Waals surface area contributed by atoms with Crippen LogP contribution in [0.1, 0.15) is 27.9 Å². The van der Waals surface area contributed by atoms with Gasteiger partial charge in [0.15, 0.2) is 0 Å². The summed E-state index contributed by atoms with van der Waals surface area (Å²) in [5.74, 6) is 0.149. The highest BCUT2D eigenvalue weighted by atomic mass is 16.5. The van der Waals surface area contributed by atoms with Gasteiger partial charge in [-0.25, -0.2) is 0 Å². The summed E-state index contributed by atoms with van der Waals surface area (Å²) in [5, 5.41) is 3.73. The highest BCUT2D eigenvalue weighted by Crippen LogP contribution is 2.26. The van der Waals surface area contributed by atoms with E-state index in [0.717, 1.165) is 5.56 Å². The van der Waals surface area contributed by atoms with Gasteiger partial charge in [-0.2, -0.15) is 0 Å². The molecule has 2 rings (SSSR count). The maximum atomic E-state index is 11.5. The first-order valence-electron chi connectivity index (χ1n) is 4.08. The van der Waals surface area contributed by atoms with Crippen molar-refractivity contribution in [2.24, 2.45) is 5.73 Å². The highest BCUT2D eigenvalue weighted by molar-refractivity contribution is 5.94. The average Bonchev–Trinajstić information content (AvgIpc) is 2.44. The van der Waals surface area contributed by atoms with Gasteiger partial charge in [0.2, 0.25) is 5.76 Å². The molecule has 0 aromatic carbocycles. The molecule has 1 unspecified atom stereocenters. The molecule has 5 heteroatoms. The van der Waals surface area contributed by atoms with Crippen LogP contribution in [-0.2, 0) is 0 Å². The predicted octanol–water partition coefficient (Wildman–Crippen LogP) is 0.0684. The second-order valence-electron chi connectivity index (χ2n) is 3.30. The fraction of sp³-hybridized carbons (Fsp3) is 0.500. The van der Waals surface area contributed by atoms with E-state index in [1.807, 2.05) is 0 Å². The molecule has 70 valence electrons. The Labute approximate surface area is 75.5 Å². The average molecular weight is 181 g/mol. The molecular weight excluding hydrogens is 170 g/mol. The number of amides is 1. The summed E-state index contributed by atoms with van der Waals surface area (Å²) >= 11 is 0. The molecule has 0 aliphatic carbocycles. The lowest BCUT2D eigenvalue weighted by atomic mass is 10.0. The second-order valence-corrected chi connectivity index (χ2v) is 3.30. The van der Waals surface area contributed by atoms with Crippen LogP contribution in [0.15, 0.2) is 4.52 Å². The minimum absolute atomic E-state index is 0.141. The van der Waals surface area contributed by atoms with E-state index in [2.05, 4.69) is 5.16 Å². The van der Waals surface area contributed by atoms with Gasteiger partial charge in [0.05, 0.1) is 11.7 Å². The third-order valence-electron chi connectivity index (χ3n) is 2.29. The first-order chi connectivity index (χ1) is 6.11. The number of aryl methyl sites for hydroxylation is 1. The summed E-state index contributed by atoms with van der Waals surface area (Å²) in [6.45, 7) is 2.31. The number of nitrogens with zero attached hydrogens (tertiary/aromatic N) is 2. The van der Waals surface area contributed by atoms with E-state index < -0.39 is 0 Å². The first-order valence-corrected chi connectivity index (χ1v) is 4.08. The summed E-state index contributed by atoms with van der Waals surface area (Å²) in [6, 6.07) is -0.177. The molecule has 1 atom stereocenters. The van der Waals surface area contributed by atoms with E-state index in [0.29, 0.717) is 18.0 Å². The second kappa shape index (κ2) is 2.56. The molecule has 0 bridgehead atoms. The van der Waals surface area contributed by atoms with Crippen LogP contribution in [0.4, 0.5) is 0 Å². The first kappa shape index (κ1) is 8.25. The molecule has 1 amide bonds. The SMILES string of the molecule is Cc1noc2c1C(N)CN(C)C2=O. The Morgan fingerprint density at radius 3 is 3.08 bits per heavy atom. The molecule has 1 aromatic rings. The van der Waals surface area contributed by atoms with E-state index in [1.165, 1.54) is 4.90 Å². The predicted molar refractivity (Wildman–Crippen MR) is 45.1 cm³/mol. The summed E-state index contributed by atoms with van der Waals surface area (Å²) in [7, 11) is 1.70. The molecule has 13 heavy (non-hydrogen) atoms. The summed E-state index contributed by atoms with van der Waals surface area (Å²) in [6.07, 6.45) is 0. The maximum Gasteiger partial charge on any atom is 0.292 e. The van der Waals surface area contributed by atoms with Gasteiger partial charge in [0.1, 0.15) is 0 Å². The van der Waals surface area contributed by atoms with Gasteiger partial charge in [-0.1, -0.05) is 5.16 Å². The quantitative estimate of drug-likeness (QED) is 0.614. The van der Waals surface area contributed by atoms with Gasteiger partial charge in [0, 0.05) is 19.2 Å². The van der Waals surface area contributed by atoms with Gasteiger partial charge in [-0.3, -0.25) is 4.79 Å². The molecule has 0 saturated heterocycles. The van der Waals surface area contributed by atoms with E-state index in [1.54, 1.807) is 14.0 Å². The van der Waals surface area contributed by atoms with Crippen LogP contribution >= 0.6 is 0 Å². The molecule has 0 fully saturated rings. The zero-order valence-corrected chi connectivity index (χ0v) is 7.57. The van der Waals surface area contributed by atoms with Gasteiger partial charge < -0.3 is 15.2 Å². The topological polar surface area (TPSA) is 72.4 Å². The zero-order valence-electron chi connectivity index (χ0n) is 7.57. The summed E-state index contributed by atoms with van der Waals surface area (Å²) < 4.78 is 4.92. The number of nitrogens with two attached hydrogens (primary N) is 1.